The summed E-state index contributed by atoms with van der Waals surface area (Å²) in [7, 11) is 6.52. The van der Waals surface area contributed by atoms with Gasteiger partial charge in [-0.15, -0.1) is 0 Å². The monoisotopic (exact) mass is 242 g/mol. The van der Waals surface area contributed by atoms with Crippen LogP contribution in [-0.4, -0.2) is 50.8 Å². The highest BCUT2D eigenvalue weighted by atomic mass is 16.5. The van der Waals surface area contributed by atoms with Gasteiger partial charge in [-0.2, -0.15) is 0 Å². The predicted octanol–water partition coefficient (Wildman–Crippen LogP) is 2.27. The molecule has 1 unspecified atom stereocenters. The Bertz CT molecular complexity index is 198. The number of nitrogens with one attached hydrogen (secondary N) is 1. The minimum atomic E-state index is 0.278. The van der Waals surface area contributed by atoms with Crippen LogP contribution in [0.2, 0.25) is 0 Å². The zero-order valence-corrected chi connectivity index (χ0v) is 12.1. The Kier molecular flexibility index (Phi) is 6.45. The fourth-order valence-electron chi connectivity index (χ4n) is 3.19. The Morgan fingerprint density at radius 3 is 2.18 bits per heavy atom. The average Bonchev–Trinajstić information content (AvgIpc) is 2.57. The highest BCUT2D eigenvalue weighted by Crippen LogP contribution is 2.34. The molecule has 0 saturated heterocycles. The van der Waals surface area contributed by atoms with Crippen molar-refractivity contribution >= 4 is 0 Å². The number of nitrogens with zero attached hydrogens (tertiary/aromatic N) is 1. The van der Waals surface area contributed by atoms with E-state index in [4.69, 9.17) is 4.74 Å². The summed E-state index contributed by atoms with van der Waals surface area (Å²) in [6, 6.07) is 0.440. The van der Waals surface area contributed by atoms with Crippen LogP contribution in [0.5, 0.6) is 0 Å². The second kappa shape index (κ2) is 7.34. The molecule has 1 aliphatic carbocycles. The molecule has 1 fully saturated rings. The lowest BCUT2D eigenvalue weighted by Gasteiger charge is -2.45. The van der Waals surface area contributed by atoms with Crippen molar-refractivity contribution in [1.29, 1.82) is 0 Å². The fraction of sp³-hybridized carbons (Fsp3) is 1.00. The maximum absolute atomic E-state index is 5.67. The van der Waals surface area contributed by atoms with Crippen LogP contribution in [0.4, 0.5) is 0 Å². The highest BCUT2D eigenvalue weighted by molar-refractivity contribution is 4.99. The first-order valence-electron chi connectivity index (χ1n) is 7.10. The summed E-state index contributed by atoms with van der Waals surface area (Å²) >= 11 is 0. The molecule has 1 N–H and O–H groups in total. The summed E-state index contributed by atoms with van der Waals surface area (Å²) in [4.78, 5) is 2.43. The summed E-state index contributed by atoms with van der Waals surface area (Å²) in [6.07, 6.45) is 8.06. The second-order valence-corrected chi connectivity index (χ2v) is 5.41. The van der Waals surface area contributed by atoms with Crippen LogP contribution >= 0.6 is 0 Å². The molecular weight excluding hydrogens is 212 g/mol. The fourth-order valence-corrected chi connectivity index (χ4v) is 3.19. The van der Waals surface area contributed by atoms with Gasteiger partial charge in [0.15, 0.2) is 0 Å². The number of rotatable bonds is 6. The van der Waals surface area contributed by atoms with Gasteiger partial charge in [0.2, 0.25) is 0 Å². The largest absolute Gasteiger partial charge is 0.380 e. The van der Waals surface area contributed by atoms with E-state index in [0.717, 1.165) is 13.2 Å². The zero-order chi connectivity index (χ0) is 12.7. The minimum absolute atomic E-state index is 0.278. The SMILES string of the molecule is CCOCC(NC)C1(N(C)C)CCCCCC1. The highest BCUT2D eigenvalue weighted by Gasteiger charge is 2.40. The molecule has 3 heteroatoms. The van der Waals surface area contributed by atoms with Crippen molar-refractivity contribution in [2.75, 3.05) is 34.4 Å². The van der Waals surface area contributed by atoms with Gasteiger partial charge in [0.25, 0.3) is 0 Å². The molecule has 17 heavy (non-hydrogen) atoms. The smallest absolute Gasteiger partial charge is 0.0637 e. The van der Waals surface area contributed by atoms with Crippen molar-refractivity contribution < 1.29 is 4.74 Å². The first-order chi connectivity index (χ1) is 8.17. The van der Waals surface area contributed by atoms with Crippen molar-refractivity contribution in [3.63, 3.8) is 0 Å². The van der Waals surface area contributed by atoms with E-state index in [1.54, 1.807) is 0 Å². The average molecular weight is 242 g/mol. The molecule has 0 aliphatic heterocycles. The van der Waals surface area contributed by atoms with Gasteiger partial charge in [0, 0.05) is 18.2 Å². The topological polar surface area (TPSA) is 24.5 Å². The van der Waals surface area contributed by atoms with Crippen LogP contribution in [0.1, 0.15) is 45.4 Å². The van der Waals surface area contributed by atoms with Gasteiger partial charge in [0.1, 0.15) is 0 Å². The van der Waals surface area contributed by atoms with Crippen molar-refractivity contribution in [2.45, 2.75) is 57.0 Å². The van der Waals surface area contributed by atoms with E-state index in [1.807, 2.05) is 0 Å². The van der Waals surface area contributed by atoms with Crippen molar-refractivity contribution in [3.05, 3.63) is 0 Å². The third kappa shape index (κ3) is 3.67. The first kappa shape index (κ1) is 14.9. The molecule has 0 heterocycles. The minimum Gasteiger partial charge on any atom is -0.380 e. The van der Waals surface area contributed by atoms with E-state index in [0.29, 0.717) is 6.04 Å². The second-order valence-electron chi connectivity index (χ2n) is 5.41. The maximum Gasteiger partial charge on any atom is 0.0637 e. The number of hydrogen-bond acceptors (Lipinski definition) is 3. The van der Waals surface area contributed by atoms with Gasteiger partial charge in [-0.25, -0.2) is 0 Å². The van der Waals surface area contributed by atoms with Crippen LogP contribution in [-0.2, 0) is 4.74 Å². The summed E-state index contributed by atoms with van der Waals surface area (Å²) in [5, 5.41) is 3.49. The van der Waals surface area contributed by atoms with Crippen LogP contribution in [0.25, 0.3) is 0 Å². The maximum atomic E-state index is 5.67. The van der Waals surface area contributed by atoms with Crippen molar-refractivity contribution in [3.8, 4) is 0 Å². The summed E-state index contributed by atoms with van der Waals surface area (Å²) in [6.45, 7) is 3.70. The number of likely N-dealkylation sites (N-methyl/N-ethyl adjacent to an activating group) is 2. The zero-order valence-electron chi connectivity index (χ0n) is 12.1. The van der Waals surface area contributed by atoms with Gasteiger partial charge in [-0.1, -0.05) is 25.7 Å². The molecule has 102 valence electrons. The van der Waals surface area contributed by atoms with Crippen molar-refractivity contribution in [2.24, 2.45) is 0 Å². The van der Waals surface area contributed by atoms with Crippen LogP contribution in [0.3, 0.4) is 0 Å². The lowest BCUT2D eigenvalue weighted by atomic mass is 9.81. The third-order valence-electron chi connectivity index (χ3n) is 4.35. The Hall–Kier alpha value is -0.120. The lowest BCUT2D eigenvalue weighted by molar-refractivity contribution is 0.0267. The molecule has 0 radical (unpaired) electrons. The third-order valence-corrected chi connectivity index (χ3v) is 4.35. The summed E-state index contributed by atoms with van der Waals surface area (Å²) in [5.41, 5.74) is 0.278. The summed E-state index contributed by atoms with van der Waals surface area (Å²) < 4.78 is 5.67. The van der Waals surface area contributed by atoms with E-state index in [9.17, 15) is 0 Å². The molecule has 3 nitrogen and oxygen atoms in total. The van der Waals surface area contributed by atoms with Crippen LogP contribution in [0, 0.1) is 0 Å². The molecule has 1 aliphatic rings. The van der Waals surface area contributed by atoms with E-state index in [-0.39, 0.29) is 5.54 Å². The van der Waals surface area contributed by atoms with Gasteiger partial charge in [-0.05, 0) is 40.9 Å². The van der Waals surface area contributed by atoms with Gasteiger partial charge < -0.3 is 15.0 Å². The Morgan fingerprint density at radius 1 is 1.18 bits per heavy atom. The van der Waals surface area contributed by atoms with Crippen LogP contribution < -0.4 is 5.32 Å². The first-order valence-corrected chi connectivity index (χ1v) is 7.10. The molecule has 0 spiro atoms. The molecule has 0 aromatic heterocycles. The van der Waals surface area contributed by atoms with E-state index in [1.165, 1.54) is 38.5 Å². The Labute approximate surface area is 107 Å². The number of hydrogen-bond donors (Lipinski definition) is 1. The van der Waals surface area contributed by atoms with Crippen LogP contribution in [0.15, 0.2) is 0 Å². The Morgan fingerprint density at radius 2 is 1.76 bits per heavy atom. The molecule has 0 amide bonds. The lowest BCUT2D eigenvalue weighted by Crippen LogP contribution is -2.60. The number of ether oxygens (including phenoxy) is 1. The van der Waals surface area contributed by atoms with E-state index in [2.05, 4.69) is 38.3 Å². The quantitative estimate of drug-likeness (QED) is 0.723. The summed E-state index contributed by atoms with van der Waals surface area (Å²) in [5.74, 6) is 0. The van der Waals surface area contributed by atoms with E-state index < -0.39 is 0 Å². The normalized spacial score (nSPS) is 22.4. The van der Waals surface area contributed by atoms with Crippen molar-refractivity contribution in [1.82, 2.24) is 10.2 Å². The predicted molar refractivity (Wildman–Crippen MR) is 73.5 cm³/mol. The van der Waals surface area contributed by atoms with E-state index >= 15 is 0 Å². The van der Waals surface area contributed by atoms with Gasteiger partial charge in [0.05, 0.1) is 6.61 Å². The molecule has 1 saturated carbocycles. The van der Waals surface area contributed by atoms with Gasteiger partial charge >= 0.3 is 0 Å². The molecule has 0 aromatic carbocycles. The molecule has 0 aromatic rings. The Balaban J connectivity index is 2.78. The molecular formula is C14H30N2O. The standard InChI is InChI=1S/C14H30N2O/c1-5-17-12-13(15-2)14(16(3)4)10-8-6-7-9-11-14/h13,15H,5-12H2,1-4H3. The molecule has 1 atom stereocenters. The molecule has 1 rings (SSSR count). The van der Waals surface area contributed by atoms with Gasteiger partial charge in [-0.3, -0.25) is 0 Å². The molecule has 0 bridgehead atoms.